The fourth-order valence-corrected chi connectivity index (χ4v) is 2.37. The molecule has 0 unspecified atom stereocenters. The van der Waals surface area contributed by atoms with Crippen molar-refractivity contribution in [2.45, 2.75) is 32.7 Å². The van der Waals surface area contributed by atoms with Crippen molar-refractivity contribution in [3.63, 3.8) is 0 Å². The van der Waals surface area contributed by atoms with Crippen LogP contribution >= 0.6 is 0 Å². The van der Waals surface area contributed by atoms with Gasteiger partial charge in [-0.3, -0.25) is 0 Å². The van der Waals surface area contributed by atoms with E-state index < -0.39 is 5.97 Å². The van der Waals surface area contributed by atoms with Gasteiger partial charge < -0.3 is 15.7 Å². The molecule has 0 atom stereocenters. The third-order valence-electron chi connectivity index (χ3n) is 3.29. The van der Waals surface area contributed by atoms with E-state index in [4.69, 9.17) is 0 Å². The van der Waals surface area contributed by atoms with Crippen LogP contribution in [0.3, 0.4) is 0 Å². The van der Waals surface area contributed by atoms with Crippen molar-refractivity contribution >= 4 is 17.7 Å². The van der Waals surface area contributed by atoms with Crippen molar-refractivity contribution in [1.82, 2.24) is 5.32 Å². The molecule has 0 aromatic heterocycles. The van der Waals surface area contributed by atoms with Gasteiger partial charge in [-0.15, -0.1) is 0 Å². The zero-order valence-corrected chi connectivity index (χ0v) is 11.6. The number of nitrogens with one attached hydrogen (secondary N) is 2. The SMILES string of the molecule is Cc1cc(C)c(NC(=O)NC2CC=CC2)c(C(=O)O)c1. The summed E-state index contributed by atoms with van der Waals surface area (Å²) in [5.74, 6) is -1.05. The highest BCUT2D eigenvalue weighted by Gasteiger charge is 2.18. The Balaban J connectivity index is 2.15. The van der Waals surface area contributed by atoms with Gasteiger partial charge in [-0.2, -0.15) is 0 Å². The van der Waals surface area contributed by atoms with Crippen LogP contribution in [-0.2, 0) is 0 Å². The Morgan fingerprint density at radius 2 is 1.85 bits per heavy atom. The maximum atomic E-state index is 11.9. The third-order valence-corrected chi connectivity index (χ3v) is 3.29. The normalized spacial score (nSPS) is 14.3. The van der Waals surface area contributed by atoms with Gasteiger partial charge in [-0.25, -0.2) is 9.59 Å². The van der Waals surface area contributed by atoms with Gasteiger partial charge in [0.1, 0.15) is 0 Å². The molecule has 20 heavy (non-hydrogen) atoms. The van der Waals surface area contributed by atoms with Gasteiger partial charge in [0.15, 0.2) is 0 Å². The molecular formula is C15H18N2O3. The molecule has 0 radical (unpaired) electrons. The Morgan fingerprint density at radius 3 is 2.45 bits per heavy atom. The zero-order chi connectivity index (χ0) is 14.7. The van der Waals surface area contributed by atoms with Crippen molar-refractivity contribution in [2.75, 3.05) is 5.32 Å². The second-order valence-electron chi connectivity index (χ2n) is 5.05. The fraction of sp³-hybridized carbons (Fsp3) is 0.333. The summed E-state index contributed by atoms with van der Waals surface area (Å²) in [4.78, 5) is 23.2. The number of benzene rings is 1. The Bertz CT molecular complexity index is 571. The van der Waals surface area contributed by atoms with Gasteiger partial charge in [0, 0.05) is 6.04 Å². The lowest BCUT2D eigenvalue weighted by Gasteiger charge is -2.16. The number of urea groups is 1. The van der Waals surface area contributed by atoms with Crippen LogP contribution in [0.25, 0.3) is 0 Å². The van der Waals surface area contributed by atoms with Crippen molar-refractivity contribution in [1.29, 1.82) is 0 Å². The van der Waals surface area contributed by atoms with Gasteiger partial charge in [-0.05, 0) is 43.9 Å². The molecule has 1 aliphatic rings. The molecule has 0 aliphatic heterocycles. The molecule has 1 aromatic rings. The first kappa shape index (κ1) is 14.1. The van der Waals surface area contributed by atoms with Crippen LogP contribution in [-0.4, -0.2) is 23.1 Å². The number of amides is 2. The molecular weight excluding hydrogens is 256 g/mol. The van der Waals surface area contributed by atoms with E-state index in [1.807, 2.05) is 25.1 Å². The van der Waals surface area contributed by atoms with Gasteiger partial charge >= 0.3 is 12.0 Å². The van der Waals surface area contributed by atoms with E-state index in [9.17, 15) is 14.7 Å². The highest BCUT2D eigenvalue weighted by molar-refractivity contribution is 6.01. The molecule has 1 aromatic carbocycles. The van der Waals surface area contributed by atoms with E-state index >= 15 is 0 Å². The molecule has 3 N–H and O–H groups in total. The van der Waals surface area contributed by atoms with Crippen LogP contribution in [0.4, 0.5) is 10.5 Å². The number of aromatic carboxylic acids is 1. The largest absolute Gasteiger partial charge is 0.478 e. The van der Waals surface area contributed by atoms with Crippen LogP contribution in [0.15, 0.2) is 24.3 Å². The van der Waals surface area contributed by atoms with Gasteiger partial charge in [-0.1, -0.05) is 18.2 Å². The number of carboxylic acids is 1. The van der Waals surface area contributed by atoms with Crippen LogP contribution in [0.5, 0.6) is 0 Å². The minimum Gasteiger partial charge on any atom is -0.478 e. The maximum absolute atomic E-state index is 11.9. The molecule has 0 saturated heterocycles. The number of carbonyl (C=O) groups excluding carboxylic acids is 1. The molecule has 0 fully saturated rings. The molecule has 2 amide bonds. The van der Waals surface area contributed by atoms with Crippen molar-refractivity contribution in [3.8, 4) is 0 Å². The number of carboxylic acid groups (broad SMARTS) is 1. The molecule has 0 heterocycles. The number of hydrogen-bond acceptors (Lipinski definition) is 2. The first-order valence-electron chi connectivity index (χ1n) is 6.54. The second-order valence-corrected chi connectivity index (χ2v) is 5.05. The summed E-state index contributed by atoms with van der Waals surface area (Å²) in [6.45, 7) is 3.61. The van der Waals surface area contributed by atoms with Crippen molar-refractivity contribution < 1.29 is 14.7 Å². The molecule has 5 nitrogen and oxygen atoms in total. The fourth-order valence-electron chi connectivity index (χ4n) is 2.37. The van der Waals surface area contributed by atoms with Gasteiger partial charge in [0.25, 0.3) is 0 Å². The van der Waals surface area contributed by atoms with Crippen LogP contribution in [0, 0.1) is 13.8 Å². The standard InChI is InChI=1S/C15H18N2O3/c1-9-7-10(2)13(12(8-9)14(18)19)17-15(20)16-11-5-3-4-6-11/h3-4,7-8,11H,5-6H2,1-2H3,(H,18,19)(H2,16,17,20). The Labute approximate surface area is 117 Å². The van der Waals surface area contributed by atoms with E-state index in [2.05, 4.69) is 10.6 Å². The summed E-state index contributed by atoms with van der Waals surface area (Å²) in [5.41, 5.74) is 2.06. The molecule has 5 heteroatoms. The third kappa shape index (κ3) is 3.17. The Morgan fingerprint density at radius 1 is 1.20 bits per heavy atom. The quantitative estimate of drug-likeness (QED) is 0.742. The zero-order valence-electron chi connectivity index (χ0n) is 11.6. The predicted molar refractivity (Wildman–Crippen MR) is 77.2 cm³/mol. The highest BCUT2D eigenvalue weighted by atomic mass is 16.4. The molecule has 0 saturated carbocycles. The van der Waals surface area contributed by atoms with Crippen molar-refractivity contribution in [3.05, 3.63) is 41.0 Å². The van der Waals surface area contributed by atoms with Crippen LogP contribution in [0.1, 0.15) is 34.3 Å². The minimum atomic E-state index is -1.05. The number of aryl methyl sites for hydroxylation is 2. The average molecular weight is 274 g/mol. The van der Waals surface area contributed by atoms with Crippen LogP contribution in [0.2, 0.25) is 0 Å². The molecule has 0 bridgehead atoms. The van der Waals surface area contributed by atoms with E-state index in [-0.39, 0.29) is 17.6 Å². The lowest BCUT2D eigenvalue weighted by Crippen LogP contribution is -2.36. The number of hydrogen-bond donors (Lipinski definition) is 3. The summed E-state index contributed by atoms with van der Waals surface area (Å²) in [6, 6.07) is 3.13. The molecule has 106 valence electrons. The smallest absolute Gasteiger partial charge is 0.337 e. The summed E-state index contributed by atoms with van der Waals surface area (Å²) in [5, 5.41) is 14.7. The Hall–Kier alpha value is -2.30. The lowest BCUT2D eigenvalue weighted by molar-refractivity contribution is 0.0698. The first-order valence-corrected chi connectivity index (χ1v) is 6.54. The minimum absolute atomic E-state index is 0.0917. The van der Waals surface area contributed by atoms with Crippen molar-refractivity contribution in [2.24, 2.45) is 0 Å². The van der Waals surface area contributed by atoms with Gasteiger partial charge in [0.2, 0.25) is 0 Å². The summed E-state index contributed by atoms with van der Waals surface area (Å²) in [7, 11) is 0. The molecule has 0 spiro atoms. The Kier molecular flexibility index (Phi) is 4.08. The average Bonchev–Trinajstić information content (AvgIpc) is 2.84. The molecule has 2 rings (SSSR count). The van der Waals surface area contributed by atoms with E-state index in [1.54, 1.807) is 13.0 Å². The van der Waals surface area contributed by atoms with E-state index in [0.717, 1.165) is 24.0 Å². The van der Waals surface area contributed by atoms with Gasteiger partial charge in [0.05, 0.1) is 11.3 Å². The lowest BCUT2D eigenvalue weighted by atomic mass is 10.0. The topological polar surface area (TPSA) is 78.4 Å². The number of rotatable bonds is 3. The number of anilines is 1. The maximum Gasteiger partial charge on any atom is 0.337 e. The monoisotopic (exact) mass is 274 g/mol. The first-order chi connectivity index (χ1) is 9.47. The second kappa shape index (κ2) is 5.77. The van der Waals surface area contributed by atoms with E-state index in [1.165, 1.54) is 0 Å². The van der Waals surface area contributed by atoms with E-state index in [0.29, 0.717) is 5.69 Å². The summed E-state index contributed by atoms with van der Waals surface area (Å²) >= 11 is 0. The predicted octanol–water partition coefficient (Wildman–Crippen LogP) is 2.84. The molecule has 1 aliphatic carbocycles. The van der Waals surface area contributed by atoms with Crippen LogP contribution < -0.4 is 10.6 Å². The highest BCUT2D eigenvalue weighted by Crippen LogP contribution is 2.23. The number of carbonyl (C=O) groups is 2. The summed E-state index contributed by atoms with van der Waals surface area (Å²) < 4.78 is 0. The summed E-state index contributed by atoms with van der Waals surface area (Å²) in [6.07, 6.45) is 5.66.